The second-order valence-electron chi connectivity index (χ2n) is 11.3. The third-order valence-corrected chi connectivity index (χ3v) is 8.67. The number of furan rings is 2. The van der Waals surface area contributed by atoms with E-state index in [0.29, 0.717) is 0 Å². The van der Waals surface area contributed by atoms with Crippen LogP contribution in [-0.4, -0.2) is 0 Å². The van der Waals surface area contributed by atoms with Crippen molar-refractivity contribution in [1.82, 2.24) is 0 Å². The first-order chi connectivity index (χ1) is 22.3. The van der Waals surface area contributed by atoms with Crippen LogP contribution in [0.25, 0.3) is 66.1 Å². The highest BCUT2D eigenvalue weighted by molar-refractivity contribution is 6.15. The van der Waals surface area contributed by atoms with Gasteiger partial charge in [0.25, 0.3) is 0 Å². The van der Waals surface area contributed by atoms with Crippen LogP contribution >= 0.6 is 0 Å². The number of fused-ring (bicyclic) bond motifs is 6. The highest BCUT2D eigenvalue weighted by Crippen LogP contribution is 2.47. The van der Waals surface area contributed by atoms with Crippen molar-refractivity contribution < 1.29 is 8.83 Å². The van der Waals surface area contributed by atoms with Gasteiger partial charge < -0.3 is 13.7 Å². The Morgan fingerprint density at radius 1 is 0.356 bits per heavy atom. The molecule has 3 heteroatoms. The molecule has 0 fully saturated rings. The number of para-hydroxylation sites is 3. The summed E-state index contributed by atoms with van der Waals surface area (Å²) in [4.78, 5) is 2.38. The van der Waals surface area contributed by atoms with E-state index in [4.69, 9.17) is 8.83 Å². The molecule has 0 aliphatic rings. The lowest BCUT2D eigenvalue weighted by molar-refractivity contribution is 0.668. The largest absolute Gasteiger partial charge is 0.456 e. The number of hydrogen-bond donors (Lipinski definition) is 0. The van der Waals surface area contributed by atoms with E-state index < -0.39 is 0 Å². The fourth-order valence-electron chi connectivity index (χ4n) is 6.71. The van der Waals surface area contributed by atoms with Crippen LogP contribution in [0.4, 0.5) is 17.1 Å². The lowest BCUT2D eigenvalue weighted by Gasteiger charge is -2.29. The maximum atomic E-state index is 6.37. The van der Waals surface area contributed by atoms with Crippen molar-refractivity contribution in [2.45, 2.75) is 0 Å². The molecule has 7 aromatic carbocycles. The van der Waals surface area contributed by atoms with E-state index in [1.807, 2.05) is 24.3 Å². The molecule has 9 rings (SSSR count). The van der Waals surface area contributed by atoms with Crippen molar-refractivity contribution in [3.63, 3.8) is 0 Å². The van der Waals surface area contributed by atoms with Gasteiger partial charge in [0.15, 0.2) is 0 Å². The van der Waals surface area contributed by atoms with Crippen molar-refractivity contribution in [3.8, 4) is 22.3 Å². The first kappa shape index (κ1) is 25.4. The van der Waals surface area contributed by atoms with Gasteiger partial charge in [0.2, 0.25) is 0 Å². The number of rotatable bonds is 5. The van der Waals surface area contributed by atoms with Gasteiger partial charge in [-0.2, -0.15) is 0 Å². The molecule has 0 spiro atoms. The Balaban J connectivity index is 1.33. The third kappa shape index (κ3) is 4.13. The molecule has 45 heavy (non-hydrogen) atoms. The van der Waals surface area contributed by atoms with Crippen LogP contribution < -0.4 is 4.90 Å². The standard InChI is InChI=1S/C42H27NO2/c1-2-13-28(14-3-1)31-17-4-7-21-35(31)43(36-22-12-26-40-42(36)34-19-6-9-24-38(34)45-40)30-16-10-15-29(27-30)32-20-11-25-39-41(32)33-18-5-8-23-37(33)44-39/h1-27H. The van der Waals surface area contributed by atoms with Gasteiger partial charge in [-0.3, -0.25) is 0 Å². The highest BCUT2D eigenvalue weighted by atomic mass is 16.3. The Bertz CT molecular complexity index is 2500. The predicted octanol–water partition coefficient (Wildman–Crippen LogP) is 12.3. The molecule has 0 aliphatic carbocycles. The highest BCUT2D eigenvalue weighted by Gasteiger charge is 2.22. The summed E-state index contributed by atoms with van der Waals surface area (Å²) in [5, 5.41) is 4.43. The summed E-state index contributed by atoms with van der Waals surface area (Å²) >= 11 is 0. The van der Waals surface area contributed by atoms with E-state index in [2.05, 4.69) is 144 Å². The molecule has 0 N–H and O–H groups in total. The zero-order chi connectivity index (χ0) is 29.7. The first-order valence-corrected chi connectivity index (χ1v) is 15.2. The maximum absolute atomic E-state index is 6.37. The fraction of sp³-hybridized carbons (Fsp3) is 0. The molecule has 2 aromatic heterocycles. The predicted molar refractivity (Wildman–Crippen MR) is 187 cm³/mol. The van der Waals surface area contributed by atoms with E-state index in [1.54, 1.807) is 0 Å². The van der Waals surface area contributed by atoms with E-state index >= 15 is 0 Å². The third-order valence-electron chi connectivity index (χ3n) is 8.67. The Hall–Kier alpha value is -6.06. The van der Waals surface area contributed by atoms with Crippen LogP contribution in [0.2, 0.25) is 0 Å². The maximum Gasteiger partial charge on any atom is 0.137 e. The van der Waals surface area contributed by atoms with Gasteiger partial charge >= 0.3 is 0 Å². The molecule has 0 bridgehead atoms. The quantitative estimate of drug-likeness (QED) is 0.204. The van der Waals surface area contributed by atoms with Gasteiger partial charge in [0, 0.05) is 27.4 Å². The molecule has 3 nitrogen and oxygen atoms in total. The summed E-state index contributed by atoms with van der Waals surface area (Å²) in [6.07, 6.45) is 0. The molecule has 0 aliphatic heterocycles. The van der Waals surface area contributed by atoms with Crippen molar-refractivity contribution in [2.24, 2.45) is 0 Å². The summed E-state index contributed by atoms with van der Waals surface area (Å²) in [7, 11) is 0. The van der Waals surface area contributed by atoms with Gasteiger partial charge in [0.1, 0.15) is 22.3 Å². The summed E-state index contributed by atoms with van der Waals surface area (Å²) < 4.78 is 12.6. The van der Waals surface area contributed by atoms with Gasteiger partial charge in [-0.25, -0.2) is 0 Å². The average molecular weight is 578 g/mol. The zero-order valence-corrected chi connectivity index (χ0v) is 24.4. The van der Waals surface area contributed by atoms with Crippen LogP contribution in [0.1, 0.15) is 0 Å². The molecule has 0 saturated carbocycles. The average Bonchev–Trinajstić information content (AvgIpc) is 3.68. The second kappa shape index (κ2) is 10.3. The molecule has 0 saturated heterocycles. The van der Waals surface area contributed by atoms with Crippen molar-refractivity contribution >= 4 is 60.9 Å². The summed E-state index contributed by atoms with van der Waals surface area (Å²) in [6.45, 7) is 0. The van der Waals surface area contributed by atoms with Crippen LogP contribution in [0.5, 0.6) is 0 Å². The van der Waals surface area contributed by atoms with Crippen molar-refractivity contribution in [2.75, 3.05) is 4.90 Å². The van der Waals surface area contributed by atoms with Crippen LogP contribution in [0.3, 0.4) is 0 Å². The Labute approximate surface area is 260 Å². The van der Waals surface area contributed by atoms with Crippen molar-refractivity contribution in [3.05, 3.63) is 164 Å². The molecule has 0 amide bonds. The first-order valence-electron chi connectivity index (χ1n) is 15.2. The van der Waals surface area contributed by atoms with Crippen LogP contribution in [0, 0.1) is 0 Å². The van der Waals surface area contributed by atoms with Crippen molar-refractivity contribution in [1.29, 1.82) is 0 Å². The second-order valence-corrected chi connectivity index (χ2v) is 11.3. The van der Waals surface area contributed by atoms with E-state index in [-0.39, 0.29) is 0 Å². The molecule has 0 atom stereocenters. The number of anilines is 3. The summed E-state index contributed by atoms with van der Waals surface area (Å²) in [5.41, 5.74) is 11.3. The Kier molecular flexibility index (Phi) is 5.82. The number of hydrogen-bond acceptors (Lipinski definition) is 3. The minimum absolute atomic E-state index is 0.863. The summed E-state index contributed by atoms with van der Waals surface area (Å²) in [6, 6.07) is 57.3. The normalized spacial score (nSPS) is 11.6. The lowest BCUT2D eigenvalue weighted by Crippen LogP contribution is -2.11. The molecule has 0 unspecified atom stereocenters. The minimum atomic E-state index is 0.863. The Morgan fingerprint density at radius 3 is 1.69 bits per heavy atom. The molecule has 212 valence electrons. The monoisotopic (exact) mass is 577 g/mol. The van der Waals surface area contributed by atoms with E-state index in [9.17, 15) is 0 Å². The topological polar surface area (TPSA) is 29.5 Å². The van der Waals surface area contributed by atoms with Gasteiger partial charge in [-0.15, -0.1) is 0 Å². The van der Waals surface area contributed by atoms with Gasteiger partial charge in [0.05, 0.1) is 16.8 Å². The fourth-order valence-corrected chi connectivity index (χ4v) is 6.71. The zero-order valence-electron chi connectivity index (χ0n) is 24.4. The molecule has 2 heterocycles. The molecule has 0 radical (unpaired) electrons. The Morgan fingerprint density at radius 2 is 0.889 bits per heavy atom. The molecule has 9 aromatic rings. The summed E-state index contributed by atoms with van der Waals surface area (Å²) in [5.74, 6) is 0. The minimum Gasteiger partial charge on any atom is -0.456 e. The van der Waals surface area contributed by atoms with Gasteiger partial charge in [-0.1, -0.05) is 115 Å². The van der Waals surface area contributed by atoms with Crippen LogP contribution in [-0.2, 0) is 0 Å². The van der Waals surface area contributed by atoms with E-state index in [1.165, 1.54) is 0 Å². The lowest BCUT2D eigenvalue weighted by atomic mass is 9.97. The SMILES string of the molecule is c1ccc(-c2ccccc2N(c2cccc(-c3cccc4oc5ccccc5c34)c2)c2cccc3oc4ccccc4c23)cc1. The molecular weight excluding hydrogens is 550 g/mol. The van der Waals surface area contributed by atoms with Crippen LogP contribution in [0.15, 0.2) is 173 Å². The molecular formula is C42H27NO2. The van der Waals surface area contributed by atoms with Gasteiger partial charge in [-0.05, 0) is 65.2 Å². The number of benzene rings is 7. The van der Waals surface area contributed by atoms with E-state index in [0.717, 1.165) is 83.2 Å². The smallest absolute Gasteiger partial charge is 0.137 e. The number of nitrogens with zero attached hydrogens (tertiary/aromatic N) is 1.